The van der Waals surface area contributed by atoms with Crippen molar-refractivity contribution in [3.63, 3.8) is 0 Å². The molecule has 1 aromatic rings. The molecule has 0 bridgehead atoms. The van der Waals surface area contributed by atoms with Crippen LogP contribution < -0.4 is 5.32 Å². The molecule has 18 heavy (non-hydrogen) atoms. The van der Waals surface area contributed by atoms with E-state index in [1.54, 1.807) is 6.07 Å². The molecule has 0 aliphatic carbocycles. The van der Waals surface area contributed by atoms with Gasteiger partial charge in [-0.25, -0.2) is 9.78 Å². The maximum absolute atomic E-state index is 11.4. The average molecular weight is 250 g/mol. The minimum absolute atomic E-state index is 0.346. The van der Waals surface area contributed by atoms with Gasteiger partial charge in [0.15, 0.2) is 0 Å². The van der Waals surface area contributed by atoms with Gasteiger partial charge in [0, 0.05) is 6.04 Å². The number of pyridine rings is 1. The molecule has 0 amide bonds. The molecular weight excluding hydrogens is 228 g/mol. The monoisotopic (exact) mass is 250 g/mol. The molecule has 1 rings (SSSR count). The molecule has 1 atom stereocenters. The fourth-order valence-electron chi connectivity index (χ4n) is 1.99. The molecule has 1 unspecified atom stereocenters. The molecule has 0 radical (unpaired) electrons. The number of aromatic nitrogens is 1. The summed E-state index contributed by atoms with van der Waals surface area (Å²) in [7, 11) is 1.37. The van der Waals surface area contributed by atoms with E-state index in [-0.39, 0.29) is 5.97 Å². The predicted molar refractivity (Wildman–Crippen MR) is 72.9 cm³/mol. The summed E-state index contributed by atoms with van der Waals surface area (Å²) in [4.78, 5) is 15.8. The maximum Gasteiger partial charge on any atom is 0.339 e. The van der Waals surface area contributed by atoms with E-state index in [9.17, 15) is 4.79 Å². The Labute approximate surface area is 109 Å². The van der Waals surface area contributed by atoms with Crippen LogP contribution >= 0.6 is 0 Å². The highest BCUT2D eigenvalue weighted by molar-refractivity contribution is 5.90. The van der Waals surface area contributed by atoms with Crippen molar-refractivity contribution in [1.29, 1.82) is 0 Å². The van der Waals surface area contributed by atoms with Crippen molar-refractivity contribution < 1.29 is 9.53 Å². The molecule has 0 saturated carbocycles. The maximum atomic E-state index is 11.4. The van der Waals surface area contributed by atoms with Gasteiger partial charge in [-0.2, -0.15) is 0 Å². The van der Waals surface area contributed by atoms with Gasteiger partial charge >= 0.3 is 5.97 Å². The van der Waals surface area contributed by atoms with Gasteiger partial charge in [-0.05, 0) is 38.3 Å². The van der Waals surface area contributed by atoms with Crippen LogP contribution in [-0.4, -0.2) is 24.1 Å². The van der Waals surface area contributed by atoms with E-state index in [1.807, 2.05) is 13.0 Å². The number of carbonyl (C=O) groups is 1. The topological polar surface area (TPSA) is 51.2 Å². The van der Waals surface area contributed by atoms with Crippen LogP contribution in [0.3, 0.4) is 0 Å². The largest absolute Gasteiger partial charge is 0.465 e. The van der Waals surface area contributed by atoms with E-state index in [0.717, 1.165) is 12.2 Å². The minimum Gasteiger partial charge on any atom is -0.465 e. The van der Waals surface area contributed by atoms with Gasteiger partial charge < -0.3 is 10.1 Å². The SMILES string of the molecule is COC(=O)c1ccc(NC(C)CC(C)C)nc1C. The van der Waals surface area contributed by atoms with E-state index >= 15 is 0 Å². The molecule has 0 aliphatic heterocycles. The number of hydrogen-bond donors (Lipinski definition) is 1. The van der Waals surface area contributed by atoms with Crippen LogP contribution in [-0.2, 0) is 4.74 Å². The lowest BCUT2D eigenvalue weighted by molar-refractivity contribution is 0.0599. The van der Waals surface area contributed by atoms with Gasteiger partial charge in [-0.1, -0.05) is 13.8 Å². The minimum atomic E-state index is -0.346. The number of ether oxygens (including phenoxy) is 1. The fraction of sp³-hybridized carbons (Fsp3) is 0.571. The van der Waals surface area contributed by atoms with Crippen molar-refractivity contribution in [3.8, 4) is 0 Å². The predicted octanol–water partition coefficient (Wildman–Crippen LogP) is 3.02. The van der Waals surface area contributed by atoms with E-state index in [1.165, 1.54) is 7.11 Å². The van der Waals surface area contributed by atoms with Crippen molar-refractivity contribution in [2.24, 2.45) is 5.92 Å². The molecule has 0 fully saturated rings. The summed E-state index contributed by atoms with van der Waals surface area (Å²) in [6.07, 6.45) is 1.08. The smallest absolute Gasteiger partial charge is 0.339 e. The summed E-state index contributed by atoms with van der Waals surface area (Å²) < 4.78 is 4.69. The number of nitrogens with one attached hydrogen (secondary N) is 1. The summed E-state index contributed by atoms with van der Waals surface area (Å²) in [6, 6.07) is 3.93. The number of esters is 1. The van der Waals surface area contributed by atoms with Gasteiger partial charge in [0.05, 0.1) is 18.4 Å². The number of rotatable bonds is 5. The van der Waals surface area contributed by atoms with Crippen molar-refractivity contribution >= 4 is 11.8 Å². The van der Waals surface area contributed by atoms with Crippen LogP contribution in [0, 0.1) is 12.8 Å². The fourth-order valence-corrected chi connectivity index (χ4v) is 1.99. The summed E-state index contributed by atoms with van der Waals surface area (Å²) in [6.45, 7) is 8.32. The number of hydrogen-bond acceptors (Lipinski definition) is 4. The summed E-state index contributed by atoms with van der Waals surface area (Å²) in [5, 5.41) is 3.33. The number of aryl methyl sites for hydroxylation is 1. The second-order valence-corrected chi connectivity index (χ2v) is 5.00. The lowest BCUT2D eigenvalue weighted by Gasteiger charge is -2.17. The lowest BCUT2D eigenvalue weighted by atomic mass is 10.1. The van der Waals surface area contributed by atoms with Crippen LogP contribution in [0.1, 0.15) is 43.2 Å². The first-order chi connectivity index (χ1) is 8.43. The van der Waals surface area contributed by atoms with E-state index in [2.05, 4.69) is 31.1 Å². The van der Waals surface area contributed by atoms with E-state index in [0.29, 0.717) is 23.2 Å². The van der Waals surface area contributed by atoms with Gasteiger partial charge in [0.2, 0.25) is 0 Å². The Bertz CT molecular complexity index is 416. The highest BCUT2D eigenvalue weighted by Gasteiger charge is 2.11. The van der Waals surface area contributed by atoms with Crippen LogP contribution in [0.25, 0.3) is 0 Å². The van der Waals surface area contributed by atoms with Crippen molar-refractivity contribution in [2.75, 3.05) is 12.4 Å². The zero-order valence-electron chi connectivity index (χ0n) is 11.8. The third-order valence-electron chi connectivity index (χ3n) is 2.71. The van der Waals surface area contributed by atoms with Crippen LogP contribution in [0.5, 0.6) is 0 Å². The Morgan fingerprint density at radius 2 is 2.06 bits per heavy atom. The Balaban J connectivity index is 2.75. The third-order valence-corrected chi connectivity index (χ3v) is 2.71. The Morgan fingerprint density at radius 1 is 1.39 bits per heavy atom. The van der Waals surface area contributed by atoms with Crippen molar-refractivity contribution in [2.45, 2.75) is 40.2 Å². The number of carbonyl (C=O) groups excluding carboxylic acids is 1. The molecule has 4 heteroatoms. The van der Waals surface area contributed by atoms with E-state index < -0.39 is 0 Å². The number of nitrogens with zero attached hydrogens (tertiary/aromatic N) is 1. The second kappa shape index (κ2) is 6.38. The van der Waals surface area contributed by atoms with Crippen LogP contribution in [0.4, 0.5) is 5.82 Å². The first-order valence-corrected chi connectivity index (χ1v) is 6.26. The van der Waals surface area contributed by atoms with Gasteiger partial charge in [-0.15, -0.1) is 0 Å². The first-order valence-electron chi connectivity index (χ1n) is 6.26. The molecule has 100 valence electrons. The van der Waals surface area contributed by atoms with Crippen molar-refractivity contribution in [1.82, 2.24) is 4.98 Å². The zero-order chi connectivity index (χ0) is 13.7. The molecule has 0 aromatic carbocycles. The highest BCUT2D eigenvalue weighted by Crippen LogP contribution is 2.14. The zero-order valence-corrected chi connectivity index (χ0v) is 11.8. The Kier molecular flexibility index (Phi) is 5.13. The van der Waals surface area contributed by atoms with Crippen LogP contribution in [0.15, 0.2) is 12.1 Å². The highest BCUT2D eigenvalue weighted by atomic mass is 16.5. The Hall–Kier alpha value is -1.58. The second-order valence-electron chi connectivity index (χ2n) is 5.00. The molecule has 0 spiro atoms. The summed E-state index contributed by atoms with van der Waals surface area (Å²) >= 11 is 0. The first kappa shape index (κ1) is 14.5. The standard InChI is InChI=1S/C14H22N2O2/c1-9(2)8-10(3)15-13-7-6-12(11(4)16-13)14(17)18-5/h6-7,9-10H,8H2,1-5H3,(H,15,16). The quantitative estimate of drug-likeness (QED) is 0.816. The van der Waals surface area contributed by atoms with Crippen LogP contribution in [0.2, 0.25) is 0 Å². The molecule has 0 aliphatic rings. The molecule has 0 saturated heterocycles. The number of methoxy groups -OCH3 is 1. The summed E-state index contributed by atoms with van der Waals surface area (Å²) in [5.41, 5.74) is 1.20. The van der Waals surface area contributed by atoms with Gasteiger partial charge in [0.25, 0.3) is 0 Å². The molecule has 1 aromatic heterocycles. The van der Waals surface area contributed by atoms with E-state index in [4.69, 9.17) is 4.74 Å². The Morgan fingerprint density at radius 3 is 2.56 bits per heavy atom. The molecular formula is C14H22N2O2. The third kappa shape index (κ3) is 4.02. The lowest BCUT2D eigenvalue weighted by Crippen LogP contribution is -2.18. The molecule has 1 N–H and O–H groups in total. The van der Waals surface area contributed by atoms with Crippen molar-refractivity contribution in [3.05, 3.63) is 23.4 Å². The normalized spacial score (nSPS) is 12.3. The number of anilines is 1. The average Bonchev–Trinajstić information content (AvgIpc) is 2.27. The molecule has 1 heterocycles. The van der Waals surface area contributed by atoms with Gasteiger partial charge in [0.1, 0.15) is 5.82 Å². The van der Waals surface area contributed by atoms with Gasteiger partial charge in [-0.3, -0.25) is 0 Å². The summed E-state index contributed by atoms with van der Waals surface area (Å²) in [5.74, 6) is 1.10. The molecule has 4 nitrogen and oxygen atoms in total.